The molecule has 0 saturated carbocycles. The number of rotatable bonds is 4. The Bertz CT molecular complexity index is 1130. The van der Waals surface area contributed by atoms with Crippen molar-refractivity contribution in [1.29, 1.82) is 0 Å². The Morgan fingerprint density at radius 3 is 2.64 bits per heavy atom. The molecule has 2 heterocycles. The van der Waals surface area contributed by atoms with E-state index in [-0.39, 0.29) is 4.90 Å². The normalized spacial score (nSPS) is 17.7. The molecule has 1 saturated heterocycles. The number of benzene rings is 2. The van der Waals surface area contributed by atoms with Crippen LogP contribution >= 0.6 is 11.6 Å². The van der Waals surface area contributed by atoms with Crippen LogP contribution in [0.3, 0.4) is 0 Å². The number of carbonyl (C=O) groups excluding carboxylic acids is 1. The van der Waals surface area contributed by atoms with Gasteiger partial charge in [0, 0.05) is 12.7 Å². The molecule has 1 amide bonds. The van der Waals surface area contributed by atoms with Crippen LogP contribution in [0.15, 0.2) is 65.7 Å². The molecule has 4 rings (SSSR count). The number of hydrogen-bond acceptors (Lipinski definition) is 4. The molecule has 28 heavy (non-hydrogen) atoms. The maximum atomic E-state index is 13.2. The zero-order chi connectivity index (χ0) is 19.7. The topological polar surface area (TPSA) is 79.4 Å². The van der Waals surface area contributed by atoms with E-state index in [0.29, 0.717) is 30.2 Å². The third-order valence-corrected chi connectivity index (χ3v) is 6.94. The van der Waals surface area contributed by atoms with E-state index in [1.54, 1.807) is 30.3 Å². The number of pyridine rings is 1. The first-order valence-electron chi connectivity index (χ1n) is 8.88. The fourth-order valence-corrected chi connectivity index (χ4v) is 5.22. The van der Waals surface area contributed by atoms with Crippen LogP contribution in [0.25, 0.3) is 10.8 Å². The van der Waals surface area contributed by atoms with Gasteiger partial charge in [0.05, 0.1) is 9.92 Å². The van der Waals surface area contributed by atoms with Crippen LogP contribution < -0.4 is 5.32 Å². The molecule has 1 atom stereocenters. The third-order valence-electron chi connectivity index (χ3n) is 4.81. The second-order valence-corrected chi connectivity index (χ2v) is 8.96. The number of hydrogen-bond donors (Lipinski definition) is 1. The summed E-state index contributed by atoms with van der Waals surface area (Å²) in [6.07, 6.45) is 2.51. The fraction of sp³-hybridized carbons (Fsp3) is 0.200. The number of sulfonamides is 1. The van der Waals surface area contributed by atoms with Crippen molar-refractivity contribution in [2.75, 3.05) is 11.9 Å². The molecule has 0 bridgehead atoms. The maximum absolute atomic E-state index is 13.2. The second kappa shape index (κ2) is 7.50. The number of amides is 1. The van der Waals surface area contributed by atoms with Crippen molar-refractivity contribution in [3.05, 3.63) is 65.8 Å². The van der Waals surface area contributed by atoms with Crippen LogP contribution in [0.2, 0.25) is 5.02 Å². The van der Waals surface area contributed by atoms with E-state index in [9.17, 15) is 13.2 Å². The summed E-state index contributed by atoms with van der Waals surface area (Å²) in [5, 5.41) is 4.94. The predicted octanol–water partition coefficient (Wildman–Crippen LogP) is 3.68. The summed E-state index contributed by atoms with van der Waals surface area (Å²) in [6.45, 7) is 0.307. The van der Waals surface area contributed by atoms with Gasteiger partial charge in [-0.1, -0.05) is 41.9 Å². The maximum Gasteiger partial charge on any atom is 0.243 e. The van der Waals surface area contributed by atoms with Gasteiger partial charge in [-0.05, 0) is 47.9 Å². The average Bonchev–Trinajstić information content (AvgIpc) is 3.20. The molecular weight excluding hydrogens is 398 g/mol. The molecule has 144 valence electrons. The first-order valence-corrected chi connectivity index (χ1v) is 10.7. The quantitative estimate of drug-likeness (QED) is 0.704. The van der Waals surface area contributed by atoms with E-state index in [1.807, 2.05) is 24.3 Å². The van der Waals surface area contributed by atoms with Gasteiger partial charge in [0.25, 0.3) is 0 Å². The highest BCUT2D eigenvalue weighted by Gasteiger charge is 2.39. The number of fused-ring (bicyclic) bond motifs is 1. The summed E-state index contributed by atoms with van der Waals surface area (Å²) in [7, 11) is -3.79. The smallest absolute Gasteiger partial charge is 0.243 e. The lowest BCUT2D eigenvalue weighted by molar-refractivity contribution is -0.119. The molecule has 1 aromatic heterocycles. The highest BCUT2D eigenvalue weighted by molar-refractivity contribution is 7.89. The van der Waals surface area contributed by atoms with Gasteiger partial charge in [-0.15, -0.1) is 0 Å². The Morgan fingerprint density at radius 2 is 1.89 bits per heavy atom. The minimum atomic E-state index is -3.79. The lowest BCUT2D eigenvalue weighted by atomic mass is 10.1. The molecule has 2 aromatic carbocycles. The number of anilines is 1. The zero-order valence-electron chi connectivity index (χ0n) is 14.9. The molecule has 6 nitrogen and oxygen atoms in total. The minimum absolute atomic E-state index is 0.190. The molecule has 1 aliphatic heterocycles. The molecule has 1 unspecified atom stereocenters. The van der Waals surface area contributed by atoms with Crippen molar-refractivity contribution < 1.29 is 13.2 Å². The van der Waals surface area contributed by atoms with Gasteiger partial charge in [-0.25, -0.2) is 13.4 Å². The first kappa shape index (κ1) is 18.9. The lowest BCUT2D eigenvalue weighted by Gasteiger charge is -2.23. The van der Waals surface area contributed by atoms with Crippen molar-refractivity contribution >= 4 is 44.1 Å². The highest BCUT2D eigenvalue weighted by Crippen LogP contribution is 2.28. The third kappa shape index (κ3) is 3.61. The number of nitrogens with zero attached hydrogens (tertiary/aromatic N) is 2. The number of carbonyl (C=O) groups is 1. The van der Waals surface area contributed by atoms with Crippen molar-refractivity contribution in [2.24, 2.45) is 0 Å². The summed E-state index contributed by atoms with van der Waals surface area (Å²) < 4.78 is 27.7. The van der Waals surface area contributed by atoms with Gasteiger partial charge in [0.1, 0.15) is 11.9 Å². The monoisotopic (exact) mass is 415 g/mol. The van der Waals surface area contributed by atoms with Crippen LogP contribution in [0.1, 0.15) is 12.8 Å². The Labute approximate surface area is 168 Å². The van der Waals surface area contributed by atoms with Gasteiger partial charge in [-0.3, -0.25) is 4.79 Å². The summed E-state index contributed by atoms with van der Waals surface area (Å²) in [5.74, 6) is -0.0546. The van der Waals surface area contributed by atoms with E-state index in [1.165, 1.54) is 10.5 Å². The fourth-order valence-electron chi connectivity index (χ4n) is 3.41. The largest absolute Gasteiger partial charge is 0.309 e. The van der Waals surface area contributed by atoms with Crippen LogP contribution in [0.5, 0.6) is 0 Å². The Hall–Kier alpha value is -2.48. The second-order valence-electron chi connectivity index (χ2n) is 6.63. The molecule has 1 aliphatic rings. The molecule has 0 radical (unpaired) electrons. The summed E-state index contributed by atoms with van der Waals surface area (Å²) >= 11 is 5.80. The number of halogens is 1. The number of aromatic nitrogens is 1. The summed E-state index contributed by atoms with van der Waals surface area (Å²) in [6, 6.07) is 15.0. The van der Waals surface area contributed by atoms with Gasteiger partial charge in [0.15, 0.2) is 0 Å². The Morgan fingerprint density at radius 1 is 1.11 bits per heavy atom. The Balaban J connectivity index is 1.60. The van der Waals surface area contributed by atoms with Gasteiger partial charge in [0.2, 0.25) is 15.9 Å². The molecule has 3 aromatic rings. The molecule has 0 aliphatic carbocycles. The average molecular weight is 416 g/mol. The van der Waals surface area contributed by atoms with Crippen LogP contribution in [-0.2, 0) is 14.8 Å². The van der Waals surface area contributed by atoms with Crippen molar-refractivity contribution in [3.63, 3.8) is 0 Å². The van der Waals surface area contributed by atoms with Crippen molar-refractivity contribution in [2.45, 2.75) is 23.8 Å². The van der Waals surface area contributed by atoms with Gasteiger partial charge in [-0.2, -0.15) is 4.31 Å². The summed E-state index contributed by atoms with van der Waals surface area (Å²) in [4.78, 5) is 16.9. The zero-order valence-corrected chi connectivity index (χ0v) is 16.4. The van der Waals surface area contributed by atoms with E-state index in [2.05, 4.69) is 10.3 Å². The predicted molar refractivity (Wildman–Crippen MR) is 109 cm³/mol. The van der Waals surface area contributed by atoms with Gasteiger partial charge >= 0.3 is 0 Å². The van der Waals surface area contributed by atoms with Crippen LogP contribution in [0.4, 0.5) is 5.82 Å². The van der Waals surface area contributed by atoms with E-state index >= 15 is 0 Å². The SMILES string of the molecule is O=C(Nc1ccc(Cl)cn1)C1CCCN1S(=O)(=O)c1ccc2ccccc2c1. The minimum Gasteiger partial charge on any atom is -0.309 e. The van der Waals surface area contributed by atoms with E-state index in [0.717, 1.165) is 10.8 Å². The molecule has 8 heteroatoms. The molecule has 0 spiro atoms. The van der Waals surface area contributed by atoms with E-state index in [4.69, 9.17) is 11.6 Å². The Kier molecular flexibility index (Phi) is 5.05. The van der Waals surface area contributed by atoms with Crippen molar-refractivity contribution in [1.82, 2.24) is 9.29 Å². The molecular formula is C20H18ClN3O3S. The van der Waals surface area contributed by atoms with Crippen LogP contribution in [0, 0.1) is 0 Å². The lowest BCUT2D eigenvalue weighted by Crippen LogP contribution is -2.43. The molecule has 1 N–H and O–H groups in total. The highest BCUT2D eigenvalue weighted by atomic mass is 35.5. The van der Waals surface area contributed by atoms with Crippen LogP contribution in [-0.4, -0.2) is 36.2 Å². The van der Waals surface area contributed by atoms with E-state index < -0.39 is 22.0 Å². The van der Waals surface area contributed by atoms with Crippen molar-refractivity contribution in [3.8, 4) is 0 Å². The first-order chi connectivity index (χ1) is 13.4. The molecule has 1 fully saturated rings. The summed E-state index contributed by atoms with van der Waals surface area (Å²) in [5.41, 5.74) is 0. The number of nitrogens with one attached hydrogen (secondary N) is 1. The standard InChI is InChI=1S/C20H18ClN3O3S/c21-16-8-10-19(22-13-16)23-20(25)18-6-3-11-24(18)28(26,27)17-9-7-14-4-1-2-5-15(14)12-17/h1-2,4-5,7-10,12-13,18H,3,6,11H2,(H,22,23,25). The van der Waals surface area contributed by atoms with Gasteiger partial charge < -0.3 is 5.32 Å².